The summed E-state index contributed by atoms with van der Waals surface area (Å²) in [7, 11) is 0. The van der Waals surface area contributed by atoms with Gasteiger partial charge in [-0.3, -0.25) is 14.7 Å². The Balaban J connectivity index is 1.42. The lowest BCUT2D eigenvalue weighted by molar-refractivity contribution is -0.0910. The van der Waals surface area contributed by atoms with E-state index in [0.29, 0.717) is 5.56 Å². The molecule has 2 aromatic rings. The van der Waals surface area contributed by atoms with Crippen molar-refractivity contribution >= 4 is 11.9 Å². The number of ketones is 1. The van der Waals surface area contributed by atoms with E-state index in [1.54, 1.807) is 42.7 Å². The smallest absolute Gasteiger partial charge is 0.410 e. The molecule has 158 valence electrons. The maximum Gasteiger partial charge on any atom is 0.410 e. The average Bonchev–Trinajstić information content (AvgIpc) is 3.05. The van der Waals surface area contributed by atoms with Crippen LogP contribution in [0.15, 0.2) is 42.7 Å². The molecule has 0 atom stereocenters. The predicted octanol–water partition coefficient (Wildman–Crippen LogP) is 3.82. The molecule has 1 aliphatic carbocycles. The molecule has 4 rings (SSSR count). The number of carbonyl (C=O) groups is 2. The van der Waals surface area contributed by atoms with Gasteiger partial charge in [0, 0.05) is 36.4 Å². The zero-order valence-corrected chi connectivity index (χ0v) is 16.3. The molecule has 6 nitrogen and oxygen atoms in total. The highest BCUT2D eigenvalue weighted by molar-refractivity contribution is 5.99. The van der Waals surface area contributed by atoms with Crippen LogP contribution >= 0.6 is 0 Å². The first-order chi connectivity index (χ1) is 14.3. The maximum absolute atomic E-state index is 13.4. The number of ether oxygens (including phenoxy) is 1. The lowest BCUT2D eigenvalue weighted by Crippen LogP contribution is -2.42. The number of alkyl halides is 2. The minimum Gasteiger partial charge on any atom is -0.441 e. The van der Waals surface area contributed by atoms with Crippen LogP contribution in [0.3, 0.4) is 0 Å². The van der Waals surface area contributed by atoms with Gasteiger partial charge in [-0.05, 0) is 30.0 Å². The van der Waals surface area contributed by atoms with Crippen LogP contribution in [0.2, 0.25) is 0 Å². The zero-order chi connectivity index (χ0) is 21.4. The van der Waals surface area contributed by atoms with Crippen LogP contribution in [0, 0.1) is 0 Å². The topological polar surface area (TPSA) is 79.7 Å². The van der Waals surface area contributed by atoms with Gasteiger partial charge in [0.2, 0.25) is 5.92 Å². The van der Waals surface area contributed by atoms with Crippen molar-refractivity contribution in [3.63, 3.8) is 0 Å². The minimum absolute atomic E-state index is 0.101. The molecule has 1 spiro atoms. The van der Waals surface area contributed by atoms with E-state index < -0.39 is 17.6 Å². The number of benzene rings is 1. The van der Waals surface area contributed by atoms with E-state index in [2.05, 4.69) is 4.98 Å². The molecule has 8 heteroatoms. The van der Waals surface area contributed by atoms with Gasteiger partial charge in [0.1, 0.15) is 5.60 Å². The van der Waals surface area contributed by atoms with Gasteiger partial charge in [-0.2, -0.15) is 0 Å². The lowest BCUT2D eigenvalue weighted by atomic mass is 9.82. The van der Waals surface area contributed by atoms with Crippen molar-refractivity contribution in [3.05, 3.63) is 53.9 Å². The highest BCUT2D eigenvalue weighted by Crippen LogP contribution is 2.43. The third-order valence-corrected chi connectivity index (χ3v) is 5.87. The molecule has 1 N–H and O–H groups in total. The number of rotatable bonds is 5. The second-order valence-corrected chi connectivity index (χ2v) is 7.95. The molecule has 0 unspecified atom stereocenters. The standard InChI is InChI=1S/C22H22F2N2O4/c23-22(24)8-6-21(7-9-22)14-26(20(29)30-21)12-19(28)16-3-1-15(2-4-16)18-11-25-10-5-17(18)13-27/h1-5,10-11,27H,6-9,12-14H2. The van der Waals surface area contributed by atoms with Gasteiger partial charge >= 0.3 is 6.09 Å². The second kappa shape index (κ2) is 7.75. The number of Topliss-reactive ketones (excluding diaryl/α,β-unsaturated/α-hetero) is 1. The van der Waals surface area contributed by atoms with Crippen LogP contribution in [0.4, 0.5) is 13.6 Å². The summed E-state index contributed by atoms with van der Waals surface area (Å²) in [6.07, 6.45) is 2.19. The van der Waals surface area contributed by atoms with Crippen LogP contribution in [-0.4, -0.2) is 51.5 Å². The summed E-state index contributed by atoms with van der Waals surface area (Å²) in [6, 6.07) is 8.56. The maximum atomic E-state index is 13.4. The first kappa shape index (κ1) is 20.4. The molecule has 1 aromatic carbocycles. The molecule has 1 saturated heterocycles. The van der Waals surface area contributed by atoms with Gasteiger partial charge in [0.05, 0.1) is 19.7 Å². The normalized spacial score (nSPS) is 19.7. The third-order valence-electron chi connectivity index (χ3n) is 5.87. The predicted molar refractivity (Wildman–Crippen MR) is 104 cm³/mol. The quantitative estimate of drug-likeness (QED) is 0.750. The number of aliphatic hydroxyl groups is 1. The number of halogens is 2. The largest absolute Gasteiger partial charge is 0.441 e. The van der Waals surface area contributed by atoms with Crippen molar-refractivity contribution < 1.29 is 28.2 Å². The van der Waals surface area contributed by atoms with Crippen molar-refractivity contribution in [3.8, 4) is 11.1 Å². The van der Waals surface area contributed by atoms with Gasteiger partial charge in [-0.1, -0.05) is 24.3 Å². The fourth-order valence-corrected chi connectivity index (χ4v) is 4.07. The summed E-state index contributed by atoms with van der Waals surface area (Å²) in [6.45, 7) is -0.129. The molecule has 0 radical (unpaired) electrons. The first-order valence-corrected chi connectivity index (χ1v) is 9.84. The van der Waals surface area contributed by atoms with E-state index in [9.17, 15) is 23.5 Å². The lowest BCUT2D eigenvalue weighted by Gasteiger charge is -2.34. The van der Waals surface area contributed by atoms with Crippen LogP contribution in [-0.2, 0) is 11.3 Å². The second-order valence-electron chi connectivity index (χ2n) is 7.95. The van der Waals surface area contributed by atoms with Crippen molar-refractivity contribution in [2.45, 2.75) is 43.8 Å². The number of pyridine rings is 1. The highest BCUT2D eigenvalue weighted by atomic mass is 19.3. The van der Waals surface area contributed by atoms with Crippen molar-refractivity contribution in [1.29, 1.82) is 0 Å². The first-order valence-electron chi connectivity index (χ1n) is 9.84. The number of nitrogens with zero attached hydrogens (tertiary/aromatic N) is 2. The monoisotopic (exact) mass is 416 g/mol. The Morgan fingerprint density at radius 2 is 1.83 bits per heavy atom. The number of aromatic nitrogens is 1. The molecule has 1 amide bonds. The number of amides is 1. The Morgan fingerprint density at radius 3 is 2.50 bits per heavy atom. The summed E-state index contributed by atoms with van der Waals surface area (Å²) >= 11 is 0. The Bertz CT molecular complexity index is 952. The summed E-state index contributed by atoms with van der Waals surface area (Å²) in [5.74, 6) is -2.97. The van der Waals surface area contributed by atoms with Gasteiger partial charge in [-0.25, -0.2) is 13.6 Å². The number of hydrogen-bond acceptors (Lipinski definition) is 5. The molecule has 2 aliphatic rings. The van der Waals surface area contributed by atoms with Gasteiger partial charge in [0.15, 0.2) is 5.78 Å². The van der Waals surface area contributed by atoms with E-state index in [4.69, 9.17) is 4.74 Å². The molecule has 0 bridgehead atoms. The fourth-order valence-electron chi connectivity index (χ4n) is 4.07. The third kappa shape index (κ3) is 4.05. The fraction of sp³-hybridized carbons (Fsp3) is 0.409. The van der Waals surface area contributed by atoms with E-state index in [1.165, 1.54) is 4.90 Å². The molecule has 2 fully saturated rings. The van der Waals surface area contributed by atoms with E-state index in [0.717, 1.165) is 16.7 Å². The van der Waals surface area contributed by atoms with Gasteiger partial charge in [0.25, 0.3) is 0 Å². The molecule has 1 saturated carbocycles. The van der Waals surface area contributed by atoms with Crippen LogP contribution < -0.4 is 0 Å². The number of aliphatic hydroxyl groups excluding tert-OH is 1. The Labute approximate surface area is 172 Å². The molecule has 2 heterocycles. The molecular weight excluding hydrogens is 394 g/mol. The van der Waals surface area contributed by atoms with E-state index in [-0.39, 0.29) is 51.2 Å². The minimum atomic E-state index is -2.72. The summed E-state index contributed by atoms with van der Waals surface area (Å²) in [4.78, 5) is 30.3. The SMILES string of the molecule is O=C(CN1CC2(CCC(F)(F)CC2)OC1=O)c1ccc(-c2cnccc2CO)cc1. The summed E-state index contributed by atoms with van der Waals surface area (Å²) in [5.41, 5.74) is 1.83. The summed E-state index contributed by atoms with van der Waals surface area (Å²) < 4.78 is 32.3. The number of hydrogen-bond donors (Lipinski definition) is 1. The van der Waals surface area contributed by atoms with Crippen molar-refractivity contribution in [2.24, 2.45) is 0 Å². The Morgan fingerprint density at radius 1 is 1.13 bits per heavy atom. The van der Waals surface area contributed by atoms with Crippen LogP contribution in [0.5, 0.6) is 0 Å². The van der Waals surface area contributed by atoms with E-state index >= 15 is 0 Å². The van der Waals surface area contributed by atoms with Crippen LogP contribution in [0.25, 0.3) is 11.1 Å². The Hall–Kier alpha value is -2.87. The molecule has 1 aromatic heterocycles. The van der Waals surface area contributed by atoms with Gasteiger partial charge in [-0.15, -0.1) is 0 Å². The average molecular weight is 416 g/mol. The summed E-state index contributed by atoms with van der Waals surface area (Å²) in [5, 5.41) is 9.47. The molecule has 1 aliphatic heterocycles. The van der Waals surface area contributed by atoms with Crippen LogP contribution in [0.1, 0.15) is 41.6 Å². The molecular formula is C22H22F2N2O4. The van der Waals surface area contributed by atoms with Crippen molar-refractivity contribution in [2.75, 3.05) is 13.1 Å². The zero-order valence-electron chi connectivity index (χ0n) is 16.3. The van der Waals surface area contributed by atoms with E-state index in [1.807, 2.05) is 0 Å². The highest BCUT2D eigenvalue weighted by Gasteiger charge is 2.51. The molecule has 30 heavy (non-hydrogen) atoms. The Kier molecular flexibility index (Phi) is 5.27. The van der Waals surface area contributed by atoms with Crippen molar-refractivity contribution in [1.82, 2.24) is 9.88 Å². The van der Waals surface area contributed by atoms with Gasteiger partial charge < -0.3 is 9.84 Å². The number of carbonyl (C=O) groups excluding carboxylic acids is 2.